The van der Waals surface area contributed by atoms with Gasteiger partial charge in [-0.1, -0.05) is 6.07 Å². The third kappa shape index (κ3) is 4.62. The van der Waals surface area contributed by atoms with Crippen LogP contribution in [0.5, 0.6) is 0 Å². The van der Waals surface area contributed by atoms with Crippen LogP contribution < -0.4 is 15.5 Å². The molecule has 0 radical (unpaired) electrons. The number of aryl methyl sites for hydroxylation is 2. The number of carbonyl (C=O) groups is 1. The van der Waals surface area contributed by atoms with E-state index in [1.165, 1.54) is 0 Å². The van der Waals surface area contributed by atoms with E-state index in [0.717, 1.165) is 22.1 Å². The van der Waals surface area contributed by atoms with Gasteiger partial charge < -0.3 is 15.5 Å². The van der Waals surface area contributed by atoms with Gasteiger partial charge in [-0.3, -0.25) is 9.48 Å². The summed E-state index contributed by atoms with van der Waals surface area (Å²) in [6, 6.07) is 7.68. The van der Waals surface area contributed by atoms with Crippen LogP contribution >= 0.6 is 11.3 Å². The summed E-state index contributed by atoms with van der Waals surface area (Å²) >= 11 is 1.60. The Morgan fingerprint density at radius 1 is 1.26 bits per heavy atom. The van der Waals surface area contributed by atoms with Crippen molar-refractivity contribution in [2.24, 2.45) is 7.05 Å². The van der Waals surface area contributed by atoms with Crippen LogP contribution in [0.15, 0.2) is 29.6 Å². The Morgan fingerprint density at radius 2 is 2.07 bits per heavy atom. The number of rotatable bonds is 7. The van der Waals surface area contributed by atoms with Crippen LogP contribution in [0, 0.1) is 6.92 Å². The Bertz CT molecular complexity index is 918. The molecule has 27 heavy (non-hydrogen) atoms. The van der Waals surface area contributed by atoms with E-state index in [1.54, 1.807) is 23.1 Å². The van der Waals surface area contributed by atoms with Crippen molar-refractivity contribution in [1.82, 2.24) is 25.1 Å². The van der Waals surface area contributed by atoms with Gasteiger partial charge in [-0.25, -0.2) is 4.98 Å². The zero-order chi connectivity index (χ0) is 19.4. The minimum Gasteiger partial charge on any atom is -0.363 e. The van der Waals surface area contributed by atoms with Gasteiger partial charge in [-0.15, -0.1) is 11.3 Å². The molecule has 3 rings (SSSR count). The average molecular weight is 385 g/mol. The number of anilines is 2. The molecule has 3 heterocycles. The molecule has 0 atom stereocenters. The summed E-state index contributed by atoms with van der Waals surface area (Å²) in [7, 11) is 5.64. The number of thiophene rings is 1. The maximum Gasteiger partial charge on any atom is 0.269 e. The molecule has 142 valence electrons. The van der Waals surface area contributed by atoms with Gasteiger partial charge in [0.05, 0.1) is 4.88 Å². The molecule has 8 nitrogen and oxygen atoms in total. The number of aromatic nitrogens is 4. The first-order valence-electron chi connectivity index (χ1n) is 8.57. The predicted molar refractivity (Wildman–Crippen MR) is 108 cm³/mol. The first-order valence-corrected chi connectivity index (χ1v) is 9.45. The second kappa shape index (κ2) is 8.17. The molecule has 0 aromatic carbocycles. The molecule has 0 saturated carbocycles. The number of carbonyl (C=O) groups excluding carboxylic acids is 1. The van der Waals surface area contributed by atoms with E-state index in [9.17, 15) is 4.79 Å². The monoisotopic (exact) mass is 385 g/mol. The summed E-state index contributed by atoms with van der Waals surface area (Å²) in [5, 5.41) is 12.4. The highest BCUT2D eigenvalue weighted by Gasteiger charge is 2.14. The highest BCUT2D eigenvalue weighted by molar-refractivity contribution is 7.13. The van der Waals surface area contributed by atoms with Crippen LogP contribution in [0.3, 0.4) is 0 Å². The molecule has 1 amide bonds. The Balaban J connectivity index is 1.55. The fourth-order valence-corrected chi connectivity index (χ4v) is 3.21. The van der Waals surface area contributed by atoms with Crippen molar-refractivity contribution >= 4 is 29.0 Å². The first-order chi connectivity index (χ1) is 12.9. The van der Waals surface area contributed by atoms with Crippen molar-refractivity contribution < 1.29 is 4.79 Å². The first kappa shape index (κ1) is 18.8. The van der Waals surface area contributed by atoms with Gasteiger partial charge in [-0.05, 0) is 24.4 Å². The molecule has 2 N–H and O–H groups in total. The lowest BCUT2D eigenvalue weighted by atomic mass is 10.3. The second-order valence-corrected chi connectivity index (χ2v) is 7.23. The minimum atomic E-state index is -0.159. The molecular weight excluding hydrogens is 362 g/mol. The summed E-state index contributed by atoms with van der Waals surface area (Å²) in [4.78, 5) is 24.2. The van der Waals surface area contributed by atoms with E-state index in [4.69, 9.17) is 0 Å². The van der Waals surface area contributed by atoms with Gasteiger partial charge in [0, 0.05) is 46.0 Å². The quantitative estimate of drug-likeness (QED) is 0.606. The van der Waals surface area contributed by atoms with E-state index >= 15 is 0 Å². The molecule has 0 bridgehead atoms. The maximum atomic E-state index is 12.4. The molecule has 0 unspecified atom stereocenters. The number of nitrogens with one attached hydrogen (secondary N) is 2. The van der Waals surface area contributed by atoms with Crippen LogP contribution in [0.1, 0.15) is 16.2 Å². The van der Waals surface area contributed by atoms with Gasteiger partial charge in [0.2, 0.25) is 5.95 Å². The van der Waals surface area contributed by atoms with Gasteiger partial charge in [-0.2, -0.15) is 10.1 Å². The SMILES string of the molecule is Cc1cc(N(C)C)nc(NCCNC(=O)c2cc(-c3cccs3)nn2C)n1. The highest BCUT2D eigenvalue weighted by atomic mass is 32.1. The van der Waals surface area contributed by atoms with E-state index in [2.05, 4.69) is 25.7 Å². The van der Waals surface area contributed by atoms with Crippen molar-refractivity contribution in [2.75, 3.05) is 37.4 Å². The molecule has 0 spiro atoms. The van der Waals surface area contributed by atoms with Crippen LogP contribution in [0.4, 0.5) is 11.8 Å². The van der Waals surface area contributed by atoms with E-state index < -0.39 is 0 Å². The van der Waals surface area contributed by atoms with Gasteiger partial charge in [0.1, 0.15) is 17.2 Å². The van der Waals surface area contributed by atoms with Gasteiger partial charge in [0.15, 0.2) is 0 Å². The summed E-state index contributed by atoms with van der Waals surface area (Å²) in [6.07, 6.45) is 0. The Hall–Kier alpha value is -2.94. The summed E-state index contributed by atoms with van der Waals surface area (Å²) in [6.45, 7) is 2.90. The van der Waals surface area contributed by atoms with Crippen LogP contribution in [-0.4, -0.2) is 52.8 Å². The molecular formula is C18H23N7OS. The Morgan fingerprint density at radius 3 is 2.78 bits per heavy atom. The zero-order valence-corrected chi connectivity index (χ0v) is 16.7. The van der Waals surface area contributed by atoms with E-state index in [0.29, 0.717) is 24.7 Å². The lowest BCUT2D eigenvalue weighted by molar-refractivity contribution is 0.0946. The van der Waals surface area contributed by atoms with Crippen molar-refractivity contribution in [1.29, 1.82) is 0 Å². The molecule has 0 aliphatic rings. The largest absolute Gasteiger partial charge is 0.363 e. The van der Waals surface area contributed by atoms with Gasteiger partial charge >= 0.3 is 0 Å². The minimum absolute atomic E-state index is 0.159. The van der Waals surface area contributed by atoms with Crippen molar-refractivity contribution in [3.05, 3.63) is 41.0 Å². The van der Waals surface area contributed by atoms with E-state index in [1.807, 2.05) is 55.6 Å². The highest BCUT2D eigenvalue weighted by Crippen LogP contribution is 2.23. The summed E-state index contributed by atoms with van der Waals surface area (Å²) < 4.78 is 1.60. The van der Waals surface area contributed by atoms with Crippen molar-refractivity contribution in [3.63, 3.8) is 0 Å². The molecule has 3 aromatic rings. The number of hydrogen-bond donors (Lipinski definition) is 2. The standard InChI is InChI=1S/C18H23N7OS/c1-12-10-16(24(2)3)22-18(21-12)20-8-7-19-17(26)14-11-13(23-25(14)4)15-6-5-9-27-15/h5-6,9-11H,7-8H2,1-4H3,(H,19,26)(H,20,21,22). The Labute approximate surface area is 162 Å². The molecule has 3 aromatic heterocycles. The normalized spacial score (nSPS) is 10.7. The molecule has 0 fully saturated rings. The molecule has 0 aliphatic heterocycles. The summed E-state index contributed by atoms with van der Waals surface area (Å²) in [5.74, 6) is 1.23. The van der Waals surface area contributed by atoms with Crippen molar-refractivity contribution in [2.45, 2.75) is 6.92 Å². The average Bonchev–Trinajstić information content (AvgIpc) is 3.27. The molecule has 0 aliphatic carbocycles. The Kier molecular flexibility index (Phi) is 5.70. The fraction of sp³-hybridized carbons (Fsp3) is 0.333. The molecule has 0 saturated heterocycles. The molecule has 9 heteroatoms. The van der Waals surface area contributed by atoms with Crippen molar-refractivity contribution in [3.8, 4) is 10.6 Å². The van der Waals surface area contributed by atoms with E-state index in [-0.39, 0.29) is 5.91 Å². The van der Waals surface area contributed by atoms with Crippen LogP contribution in [0.2, 0.25) is 0 Å². The zero-order valence-electron chi connectivity index (χ0n) is 15.9. The summed E-state index contributed by atoms with van der Waals surface area (Å²) in [5.41, 5.74) is 2.22. The smallest absolute Gasteiger partial charge is 0.269 e. The third-order valence-corrected chi connectivity index (χ3v) is 4.77. The van der Waals surface area contributed by atoms with Crippen LogP contribution in [0.25, 0.3) is 10.6 Å². The number of nitrogens with zero attached hydrogens (tertiary/aromatic N) is 5. The van der Waals surface area contributed by atoms with Gasteiger partial charge in [0.25, 0.3) is 5.91 Å². The lowest BCUT2D eigenvalue weighted by Gasteiger charge is -2.14. The fourth-order valence-electron chi connectivity index (χ4n) is 2.53. The topological polar surface area (TPSA) is 88.0 Å². The lowest BCUT2D eigenvalue weighted by Crippen LogP contribution is -2.30. The van der Waals surface area contributed by atoms with Crippen LogP contribution in [-0.2, 0) is 7.05 Å². The number of amides is 1. The maximum absolute atomic E-state index is 12.4. The second-order valence-electron chi connectivity index (χ2n) is 6.28. The third-order valence-electron chi connectivity index (χ3n) is 3.88. The number of hydrogen-bond acceptors (Lipinski definition) is 7. The predicted octanol–water partition coefficient (Wildman–Crippen LogP) is 2.15.